The van der Waals surface area contributed by atoms with Crippen molar-refractivity contribution in [3.63, 3.8) is 0 Å². The Morgan fingerprint density at radius 2 is 1.92 bits per heavy atom. The number of Topliss-reactive ketones (excluding diaryl/α,β-unsaturated/α-hetero) is 1. The van der Waals surface area contributed by atoms with Crippen molar-refractivity contribution in [3.05, 3.63) is 66.4 Å². The third-order valence-corrected chi connectivity index (χ3v) is 3.31. The van der Waals surface area contributed by atoms with E-state index in [-0.39, 0.29) is 32.3 Å². The minimum atomic E-state index is -0.722. The van der Waals surface area contributed by atoms with E-state index in [9.17, 15) is 13.6 Å². The average molecular weight is 535 g/mol. The van der Waals surface area contributed by atoms with Crippen molar-refractivity contribution in [2.75, 3.05) is 0 Å². The summed E-state index contributed by atoms with van der Waals surface area (Å²) in [5.41, 5.74) is 0.857. The van der Waals surface area contributed by atoms with Crippen LogP contribution in [0.15, 0.2) is 48.7 Å². The van der Waals surface area contributed by atoms with Crippen molar-refractivity contribution < 1.29 is 38.8 Å². The number of hydrogen-bond donors (Lipinski definition) is 1. The summed E-state index contributed by atoms with van der Waals surface area (Å²) in [5, 5.41) is 10.3. The maximum Gasteiger partial charge on any atom is 0.132 e. The molecule has 1 radical (unpaired) electrons. The van der Waals surface area contributed by atoms with Gasteiger partial charge in [0, 0.05) is 44.4 Å². The average Bonchev–Trinajstić information content (AvgIpc) is 2.52. The Bertz CT molecular complexity index is 859. The molecule has 0 saturated heterocycles. The largest absolute Gasteiger partial charge is 0.393 e. The fourth-order valence-electron chi connectivity index (χ4n) is 2.38. The number of fused-ring (bicyclic) bond motifs is 1. The molecule has 0 aliphatic carbocycles. The number of aliphatic hydroxyl groups is 1. The van der Waals surface area contributed by atoms with Gasteiger partial charge in [0.05, 0.1) is 6.10 Å². The van der Waals surface area contributed by atoms with Crippen molar-refractivity contribution in [2.24, 2.45) is 0 Å². The van der Waals surface area contributed by atoms with E-state index in [1.54, 1.807) is 13.1 Å². The molecule has 2 aromatic carbocycles. The number of aromatic nitrogens is 1. The summed E-state index contributed by atoms with van der Waals surface area (Å²) in [6.45, 7) is 3.06. The molecule has 0 aliphatic heterocycles. The molecule has 0 spiro atoms. The first-order valence-electron chi connectivity index (χ1n) is 7.77. The van der Waals surface area contributed by atoms with Gasteiger partial charge in [-0.3, -0.25) is 4.79 Å². The fraction of sp³-hybridized carbons (Fsp3) is 0.200. The predicted molar refractivity (Wildman–Crippen MR) is 92.9 cm³/mol. The van der Waals surface area contributed by atoms with E-state index < -0.39 is 17.7 Å². The molecular formula is C20H18F2IrNO2-. The summed E-state index contributed by atoms with van der Waals surface area (Å²) >= 11 is 0. The fourth-order valence-corrected chi connectivity index (χ4v) is 2.38. The Morgan fingerprint density at radius 1 is 1.23 bits per heavy atom. The molecule has 0 bridgehead atoms. The van der Waals surface area contributed by atoms with Gasteiger partial charge in [-0.15, -0.1) is 17.7 Å². The van der Waals surface area contributed by atoms with Crippen LogP contribution < -0.4 is 0 Å². The summed E-state index contributed by atoms with van der Waals surface area (Å²) in [4.78, 5) is 14.3. The number of ketones is 1. The number of carbonyl (C=O) groups excluding carboxylic acids is 1. The molecule has 139 valence electrons. The number of benzene rings is 2. The van der Waals surface area contributed by atoms with Crippen LogP contribution in [0, 0.1) is 17.7 Å². The van der Waals surface area contributed by atoms with Gasteiger partial charge in [0.1, 0.15) is 5.78 Å². The zero-order valence-electron chi connectivity index (χ0n) is 14.3. The van der Waals surface area contributed by atoms with Crippen molar-refractivity contribution in [1.29, 1.82) is 0 Å². The topological polar surface area (TPSA) is 50.2 Å². The zero-order valence-corrected chi connectivity index (χ0v) is 16.7. The third-order valence-electron chi connectivity index (χ3n) is 3.31. The van der Waals surface area contributed by atoms with E-state index in [2.05, 4.69) is 11.1 Å². The van der Waals surface area contributed by atoms with E-state index >= 15 is 0 Å². The molecule has 26 heavy (non-hydrogen) atoms. The van der Waals surface area contributed by atoms with Crippen LogP contribution in [0.5, 0.6) is 0 Å². The minimum Gasteiger partial charge on any atom is -0.393 e. The Labute approximate surface area is 164 Å². The van der Waals surface area contributed by atoms with E-state index in [4.69, 9.17) is 5.11 Å². The second-order valence-electron chi connectivity index (χ2n) is 5.70. The predicted octanol–water partition coefficient (Wildman–Crippen LogP) is 4.32. The normalized spacial score (nSPS) is 11.1. The van der Waals surface area contributed by atoms with Gasteiger partial charge in [0.15, 0.2) is 0 Å². The number of carbonyl (C=O) groups is 1. The van der Waals surface area contributed by atoms with E-state index in [1.165, 1.54) is 13.0 Å². The molecular weight excluding hydrogens is 516 g/mol. The second kappa shape index (κ2) is 10.2. The van der Waals surface area contributed by atoms with Crippen LogP contribution in [0.2, 0.25) is 0 Å². The van der Waals surface area contributed by atoms with Crippen LogP contribution in [0.3, 0.4) is 0 Å². The van der Waals surface area contributed by atoms with Gasteiger partial charge >= 0.3 is 0 Å². The molecule has 3 rings (SSSR count). The molecule has 0 amide bonds. The molecule has 0 fully saturated rings. The molecule has 0 aliphatic rings. The molecule has 0 saturated carbocycles. The number of rotatable bonds is 3. The number of halogens is 2. The molecule has 1 aromatic heterocycles. The summed E-state index contributed by atoms with van der Waals surface area (Å²) in [6.07, 6.45) is 1.42. The van der Waals surface area contributed by atoms with Crippen LogP contribution >= 0.6 is 0 Å². The summed E-state index contributed by atoms with van der Waals surface area (Å²) in [7, 11) is 0. The standard InChI is InChI=1S/C15H8F2N.C5H10O2.Ir/c16-12-7-11(8-13(17)9-12)15-14-4-2-1-3-10(14)5-6-18-15;1-4(6)3-5(2)7;/h1-7,9H;4,6H,3H2,1-2H3;/q-1;;. The molecule has 1 N–H and O–H groups in total. The van der Waals surface area contributed by atoms with Gasteiger partial charge in [-0.2, -0.15) is 0 Å². The first-order valence-corrected chi connectivity index (χ1v) is 7.77. The quantitative estimate of drug-likeness (QED) is 0.510. The van der Waals surface area contributed by atoms with Crippen LogP contribution in [0.25, 0.3) is 22.0 Å². The first-order chi connectivity index (χ1) is 11.9. The van der Waals surface area contributed by atoms with Gasteiger partial charge in [-0.25, -0.2) is 8.78 Å². The zero-order chi connectivity index (χ0) is 18.4. The van der Waals surface area contributed by atoms with Crippen molar-refractivity contribution in [1.82, 2.24) is 4.98 Å². The Kier molecular flexibility index (Phi) is 8.65. The number of nitrogens with zero attached hydrogens (tertiary/aromatic N) is 1. The van der Waals surface area contributed by atoms with E-state index in [0.717, 1.165) is 16.8 Å². The number of hydrogen-bond acceptors (Lipinski definition) is 3. The summed E-state index contributed by atoms with van der Waals surface area (Å²) in [5.74, 6) is -1.31. The number of aliphatic hydroxyl groups excluding tert-OH is 1. The molecule has 3 aromatic rings. The second-order valence-corrected chi connectivity index (χ2v) is 5.70. The maximum atomic E-state index is 13.2. The van der Waals surface area contributed by atoms with Gasteiger partial charge in [-0.05, 0) is 36.4 Å². The van der Waals surface area contributed by atoms with Gasteiger partial charge in [0.25, 0.3) is 0 Å². The van der Waals surface area contributed by atoms with Crippen LogP contribution in [0.4, 0.5) is 8.78 Å². The van der Waals surface area contributed by atoms with Crippen molar-refractivity contribution >= 4 is 16.6 Å². The minimum absolute atomic E-state index is 0. The van der Waals surface area contributed by atoms with Crippen LogP contribution in [-0.4, -0.2) is 22.0 Å². The smallest absolute Gasteiger partial charge is 0.132 e. The SMILES string of the molecule is CC(=O)CC(C)O.Fc1[c-]c(-c2nccc3ccccc23)cc(F)c1.[Ir]. The summed E-state index contributed by atoms with van der Waals surface area (Å²) < 4.78 is 26.4. The number of pyridine rings is 1. The molecule has 3 nitrogen and oxygen atoms in total. The van der Waals surface area contributed by atoms with E-state index in [1.807, 2.05) is 30.3 Å². The Balaban J connectivity index is 0.000000366. The summed E-state index contributed by atoms with van der Waals surface area (Å²) in [6, 6.07) is 13.9. The molecule has 1 unspecified atom stereocenters. The van der Waals surface area contributed by atoms with Gasteiger partial charge in [-0.1, -0.05) is 30.3 Å². The van der Waals surface area contributed by atoms with Gasteiger partial charge in [0.2, 0.25) is 0 Å². The van der Waals surface area contributed by atoms with Gasteiger partial charge < -0.3 is 10.1 Å². The van der Waals surface area contributed by atoms with Crippen molar-refractivity contribution in [3.8, 4) is 11.3 Å². The maximum absolute atomic E-state index is 13.2. The van der Waals surface area contributed by atoms with E-state index in [0.29, 0.717) is 11.3 Å². The monoisotopic (exact) mass is 535 g/mol. The molecule has 1 atom stereocenters. The van der Waals surface area contributed by atoms with Crippen LogP contribution in [0.1, 0.15) is 20.3 Å². The molecule has 6 heteroatoms. The Hall–Kier alpha value is -2.01. The first kappa shape index (κ1) is 22.0. The van der Waals surface area contributed by atoms with Crippen molar-refractivity contribution in [2.45, 2.75) is 26.4 Å². The third kappa shape index (κ3) is 6.37. The molecule has 1 heterocycles. The Morgan fingerprint density at radius 3 is 2.50 bits per heavy atom. The van der Waals surface area contributed by atoms with Crippen LogP contribution in [-0.2, 0) is 24.9 Å².